The van der Waals surface area contributed by atoms with Crippen LogP contribution in [0.25, 0.3) is 0 Å². The molecule has 88 valence electrons. The van der Waals surface area contributed by atoms with E-state index in [1.54, 1.807) is 7.11 Å². The summed E-state index contributed by atoms with van der Waals surface area (Å²) < 4.78 is 5.30. The van der Waals surface area contributed by atoms with E-state index in [2.05, 4.69) is 24.0 Å². The van der Waals surface area contributed by atoms with Crippen LogP contribution >= 0.6 is 12.6 Å². The Morgan fingerprint density at radius 2 is 2.12 bits per heavy atom. The van der Waals surface area contributed by atoms with E-state index >= 15 is 0 Å². The molecule has 0 unspecified atom stereocenters. The first kappa shape index (κ1) is 12.9. The monoisotopic (exact) mass is 239 g/mol. The van der Waals surface area contributed by atoms with E-state index in [0.717, 1.165) is 22.4 Å². The van der Waals surface area contributed by atoms with Crippen LogP contribution in [0.2, 0.25) is 0 Å². The second kappa shape index (κ2) is 5.80. The van der Waals surface area contributed by atoms with Crippen molar-refractivity contribution >= 4 is 18.5 Å². The molecular formula is C12H17NO2S. The van der Waals surface area contributed by atoms with Crippen molar-refractivity contribution in [2.45, 2.75) is 20.4 Å². The Morgan fingerprint density at radius 3 is 2.69 bits per heavy atom. The lowest BCUT2D eigenvalue weighted by atomic mass is 10.0. The van der Waals surface area contributed by atoms with Gasteiger partial charge in [0.15, 0.2) is 0 Å². The van der Waals surface area contributed by atoms with Gasteiger partial charge in [0.25, 0.3) is 0 Å². The number of hydrogen-bond acceptors (Lipinski definition) is 3. The standard InChI is InChI=1S/C12H17NO2S/c1-8-4-9(2)10(11(5-8)15-3)6-13-12(14)7-16/h4-5,16H,6-7H2,1-3H3,(H,13,14). The van der Waals surface area contributed by atoms with Gasteiger partial charge in [-0.3, -0.25) is 4.79 Å². The van der Waals surface area contributed by atoms with Crippen LogP contribution in [0.4, 0.5) is 0 Å². The summed E-state index contributed by atoms with van der Waals surface area (Å²) in [5.41, 5.74) is 3.29. The third-order valence-electron chi connectivity index (χ3n) is 2.40. The summed E-state index contributed by atoms with van der Waals surface area (Å²) in [5, 5.41) is 2.79. The first-order valence-corrected chi connectivity index (χ1v) is 5.73. The fourth-order valence-electron chi connectivity index (χ4n) is 1.61. The Kier molecular flexibility index (Phi) is 4.68. The predicted octanol–water partition coefficient (Wildman–Crippen LogP) is 1.86. The van der Waals surface area contributed by atoms with Gasteiger partial charge in [-0.25, -0.2) is 0 Å². The summed E-state index contributed by atoms with van der Waals surface area (Å²) in [4.78, 5) is 11.1. The first-order valence-electron chi connectivity index (χ1n) is 5.10. The summed E-state index contributed by atoms with van der Waals surface area (Å²) in [6, 6.07) is 4.04. The van der Waals surface area contributed by atoms with Gasteiger partial charge in [0.05, 0.1) is 12.9 Å². The van der Waals surface area contributed by atoms with Gasteiger partial charge in [0, 0.05) is 12.1 Å². The number of carbonyl (C=O) groups is 1. The largest absolute Gasteiger partial charge is 0.496 e. The number of nitrogens with one attached hydrogen (secondary N) is 1. The molecule has 1 amide bonds. The molecule has 0 fully saturated rings. The summed E-state index contributed by atoms with van der Waals surface area (Å²) in [6.45, 7) is 4.51. The Hall–Kier alpha value is -1.16. The van der Waals surface area contributed by atoms with Gasteiger partial charge >= 0.3 is 0 Å². The van der Waals surface area contributed by atoms with Crippen LogP contribution in [0.15, 0.2) is 12.1 Å². The minimum atomic E-state index is -0.0784. The van der Waals surface area contributed by atoms with Crippen molar-refractivity contribution in [2.75, 3.05) is 12.9 Å². The zero-order valence-electron chi connectivity index (χ0n) is 9.83. The molecule has 4 heteroatoms. The van der Waals surface area contributed by atoms with Gasteiger partial charge in [0.2, 0.25) is 5.91 Å². The third-order valence-corrected chi connectivity index (χ3v) is 2.69. The minimum absolute atomic E-state index is 0.0784. The third kappa shape index (κ3) is 3.17. The summed E-state index contributed by atoms with van der Waals surface area (Å²) in [6.07, 6.45) is 0. The molecule has 0 spiro atoms. The van der Waals surface area contributed by atoms with Crippen molar-refractivity contribution < 1.29 is 9.53 Å². The van der Waals surface area contributed by atoms with Crippen molar-refractivity contribution in [1.82, 2.24) is 5.32 Å². The van der Waals surface area contributed by atoms with Crippen LogP contribution in [-0.4, -0.2) is 18.8 Å². The van der Waals surface area contributed by atoms with Crippen LogP contribution in [0.3, 0.4) is 0 Å². The van der Waals surface area contributed by atoms with Crippen LogP contribution in [-0.2, 0) is 11.3 Å². The molecule has 0 bridgehead atoms. The van der Waals surface area contributed by atoms with Crippen LogP contribution < -0.4 is 10.1 Å². The number of methoxy groups -OCH3 is 1. The topological polar surface area (TPSA) is 38.3 Å². The molecule has 0 saturated heterocycles. The summed E-state index contributed by atoms with van der Waals surface area (Å²) >= 11 is 3.91. The lowest BCUT2D eigenvalue weighted by molar-refractivity contribution is -0.118. The second-order valence-corrected chi connectivity index (χ2v) is 4.01. The zero-order chi connectivity index (χ0) is 12.1. The SMILES string of the molecule is COc1cc(C)cc(C)c1CNC(=O)CS. The Bertz CT molecular complexity index is 391. The molecule has 0 saturated carbocycles. The smallest absolute Gasteiger partial charge is 0.229 e. The highest BCUT2D eigenvalue weighted by molar-refractivity contribution is 7.81. The van der Waals surface area contributed by atoms with Crippen molar-refractivity contribution in [3.8, 4) is 5.75 Å². The van der Waals surface area contributed by atoms with E-state index in [1.165, 1.54) is 0 Å². The quantitative estimate of drug-likeness (QED) is 0.787. The van der Waals surface area contributed by atoms with Crippen LogP contribution in [0.5, 0.6) is 5.75 Å². The van der Waals surface area contributed by atoms with Gasteiger partial charge in [-0.1, -0.05) is 6.07 Å². The number of amides is 1. The van der Waals surface area contributed by atoms with E-state index in [-0.39, 0.29) is 11.7 Å². The second-order valence-electron chi connectivity index (χ2n) is 3.70. The van der Waals surface area contributed by atoms with Gasteiger partial charge < -0.3 is 10.1 Å². The number of aryl methyl sites for hydroxylation is 2. The fourth-order valence-corrected chi connectivity index (χ4v) is 1.72. The molecule has 3 nitrogen and oxygen atoms in total. The molecule has 1 aromatic carbocycles. The first-order chi connectivity index (χ1) is 7.58. The summed E-state index contributed by atoms with van der Waals surface area (Å²) in [7, 11) is 1.64. The van der Waals surface area contributed by atoms with Crippen molar-refractivity contribution in [2.24, 2.45) is 0 Å². The fraction of sp³-hybridized carbons (Fsp3) is 0.417. The van der Waals surface area contributed by atoms with Crippen molar-refractivity contribution in [3.63, 3.8) is 0 Å². The van der Waals surface area contributed by atoms with Gasteiger partial charge in [-0.15, -0.1) is 0 Å². The molecule has 0 aliphatic carbocycles. The van der Waals surface area contributed by atoms with Crippen LogP contribution in [0, 0.1) is 13.8 Å². The molecule has 1 aromatic rings. The Labute approximate surface area is 102 Å². The van der Waals surface area contributed by atoms with E-state index in [1.807, 2.05) is 19.9 Å². The lowest BCUT2D eigenvalue weighted by Gasteiger charge is -2.13. The highest BCUT2D eigenvalue weighted by atomic mass is 32.1. The molecular weight excluding hydrogens is 222 g/mol. The van der Waals surface area contributed by atoms with Crippen molar-refractivity contribution in [3.05, 3.63) is 28.8 Å². The zero-order valence-corrected chi connectivity index (χ0v) is 10.7. The van der Waals surface area contributed by atoms with E-state index < -0.39 is 0 Å². The number of rotatable bonds is 4. The van der Waals surface area contributed by atoms with Gasteiger partial charge in [-0.2, -0.15) is 12.6 Å². The lowest BCUT2D eigenvalue weighted by Crippen LogP contribution is -2.24. The highest BCUT2D eigenvalue weighted by Crippen LogP contribution is 2.23. The molecule has 0 heterocycles. The average molecular weight is 239 g/mol. The normalized spacial score (nSPS) is 10.0. The maximum absolute atomic E-state index is 11.1. The maximum atomic E-state index is 11.1. The average Bonchev–Trinajstić information content (AvgIpc) is 2.26. The predicted molar refractivity (Wildman–Crippen MR) is 68.2 cm³/mol. The summed E-state index contributed by atoms with van der Waals surface area (Å²) in [5.74, 6) is 0.940. The molecule has 1 N–H and O–H groups in total. The number of carbonyl (C=O) groups excluding carboxylic acids is 1. The number of hydrogen-bond donors (Lipinski definition) is 2. The number of thiol groups is 1. The van der Waals surface area contributed by atoms with Crippen molar-refractivity contribution in [1.29, 1.82) is 0 Å². The van der Waals surface area contributed by atoms with Gasteiger partial charge in [0.1, 0.15) is 5.75 Å². The molecule has 0 radical (unpaired) electrons. The van der Waals surface area contributed by atoms with Crippen LogP contribution in [0.1, 0.15) is 16.7 Å². The molecule has 0 aromatic heterocycles. The highest BCUT2D eigenvalue weighted by Gasteiger charge is 2.08. The molecule has 0 aliphatic heterocycles. The maximum Gasteiger partial charge on any atom is 0.229 e. The molecule has 16 heavy (non-hydrogen) atoms. The molecule has 0 atom stereocenters. The Morgan fingerprint density at radius 1 is 1.44 bits per heavy atom. The number of benzene rings is 1. The van der Waals surface area contributed by atoms with Gasteiger partial charge in [-0.05, 0) is 31.0 Å². The van der Waals surface area contributed by atoms with E-state index in [0.29, 0.717) is 6.54 Å². The molecule has 0 aliphatic rings. The number of ether oxygens (including phenoxy) is 1. The Balaban J connectivity index is 2.89. The minimum Gasteiger partial charge on any atom is -0.496 e. The van der Waals surface area contributed by atoms with E-state index in [9.17, 15) is 4.79 Å². The van der Waals surface area contributed by atoms with E-state index in [4.69, 9.17) is 4.74 Å². The molecule has 1 rings (SSSR count).